The van der Waals surface area contributed by atoms with E-state index in [1.54, 1.807) is 18.4 Å². The van der Waals surface area contributed by atoms with Gasteiger partial charge >= 0.3 is 6.03 Å². The first kappa shape index (κ1) is 15.0. The van der Waals surface area contributed by atoms with E-state index in [0.717, 1.165) is 4.47 Å². The van der Waals surface area contributed by atoms with Gasteiger partial charge in [0.15, 0.2) is 0 Å². The minimum atomic E-state index is -0.913. The number of carbonyl (C=O) groups is 1. The Morgan fingerprint density at radius 3 is 2.83 bits per heavy atom. The SMILES string of the molecule is COc1ccc(Br)cc1NC(=O)NCCS(C)=O. The van der Waals surface area contributed by atoms with E-state index in [2.05, 4.69) is 26.6 Å². The molecule has 0 aliphatic rings. The first-order chi connectivity index (χ1) is 8.52. The van der Waals surface area contributed by atoms with E-state index in [4.69, 9.17) is 4.74 Å². The predicted molar refractivity (Wildman–Crippen MR) is 76.6 cm³/mol. The summed E-state index contributed by atoms with van der Waals surface area (Å²) in [6.07, 6.45) is 1.59. The van der Waals surface area contributed by atoms with E-state index in [1.807, 2.05) is 6.07 Å². The van der Waals surface area contributed by atoms with E-state index in [-0.39, 0.29) is 6.03 Å². The molecule has 1 aromatic rings. The summed E-state index contributed by atoms with van der Waals surface area (Å²) in [6.45, 7) is 0.366. The molecule has 1 rings (SSSR count). The Labute approximate surface area is 117 Å². The van der Waals surface area contributed by atoms with Crippen LogP contribution >= 0.6 is 15.9 Å². The third kappa shape index (κ3) is 5.05. The lowest BCUT2D eigenvalue weighted by Crippen LogP contribution is -2.31. The Hall–Kier alpha value is -1.08. The Bertz CT molecular complexity index is 454. The molecule has 100 valence electrons. The van der Waals surface area contributed by atoms with Crippen molar-refractivity contribution in [1.29, 1.82) is 0 Å². The summed E-state index contributed by atoms with van der Waals surface area (Å²) in [6, 6.07) is 4.97. The molecule has 1 atom stereocenters. The van der Waals surface area contributed by atoms with Gasteiger partial charge in [-0.2, -0.15) is 0 Å². The molecule has 2 amide bonds. The van der Waals surface area contributed by atoms with Gasteiger partial charge < -0.3 is 15.4 Å². The van der Waals surface area contributed by atoms with Crippen molar-refractivity contribution in [3.8, 4) is 5.75 Å². The minimum Gasteiger partial charge on any atom is -0.495 e. The van der Waals surface area contributed by atoms with E-state index in [9.17, 15) is 9.00 Å². The Balaban J connectivity index is 2.58. The first-order valence-corrected chi connectivity index (χ1v) is 7.73. The van der Waals surface area contributed by atoms with Gasteiger partial charge in [0.25, 0.3) is 0 Å². The van der Waals surface area contributed by atoms with E-state index < -0.39 is 10.8 Å². The topological polar surface area (TPSA) is 67.4 Å². The molecule has 0 radical (unpaired) electrons. The van der Waals surface area contributed by atoms with Crippen LogP contribution in [0.25, 0.3) is 0 Å². The summed E-state index contributed by atoms with van der Waals surface area (Å²) in [7, 11) is 0.621. The number of methoxy groups -OCH3 is 1. The van der Waals surface area contributed by atoms with Gasteiger partial charge in [0, 0.05) is 33.8 Å². The van der Waals surface area contributed by atoms with Crippen LogP contribution in [0.3, 0.4) is 0 Å². The second-order valence-corrected chi connectivity index (χ2v) is 5.97. The molecule has 0 bridgehead atoms. The zero-order chi connectivity index (χ0) is 13.5. The molecule has 0 saturated heterocycles. The standard InChI is InChI=1S/C11H15BrN2O3S/c1-17-10-4-3-8(12)7-9(10)14-11(15)13-5-6-18(2)16/h3-4,7H,5-6H2,1-2H3,(H2,13,14,15). The number of carbonyl (C=O) groups excluding carboxylic acids is 1. The van der Waals surface area contributed by atoms with E-state index in [0.29, 0.717) is 23.7 Å². The van der Waals surface area contributed by atoms with Crippen molar-refractivity contribution in [2.24, 2.45) is 0 Å². The number of hydrogen-bond acceptors (Lipinski definition) is 3. The summed E-state index contributed by atoms with van der Waals surface area (Å²) >= 11 is 3.32. The highest BCUT2D eigenvalue weighted by Crippen LogP contribution is 2.27. The fourth-order valence-electron chi connectivity index (χ4n) is 1.25. The van der Waals surface area contributed by atoms with Crippen molar-refractivity contribution in [2.45, 2.75) is 0 Å². The van der Waals surface area contributed by atoms with Gasteiger partial charge in [-0.3, -0.25) is 4.21 Å². The number of rotatable bonds is 5. The fourth-order valence-corrected chi connectivity index (χ4v) is 2.00. The van der Waals surface area contributed by atoms with Gasteiger partial charge in [-0.05, 0) is 18.2 Å². The molecule has 0 aliphatic carbocycles. The van der Waals surface area contributed by atoms with Crippen LogP contribution in [0.4, 0.5) is 10.5 Å². The average molecular weight is 335 g/mol. The van der Waals surface area contributed by atoms with E-state index in [1.165, 1.54) is 7.11 Å². The molecule has 18 heavy (non-hydrogen) atoms. The number of nitrogens with one attached hydrogen (secondary N) is 2. The summed E-state index contributed by atoms with van der Waals surface area (Å²) in [4.78, 5) is 11.6. The minimum absolute atomic E-state index is 0.350. The number of hydrogen-bond donors (Lipinski definition) is 2. The van der Waals surface area contributed by atoms with E-state index >= 15 is 0 Å². The molecule has 5 nitrogen and oxygen atoms in total. The third-order valence-corrected chi connectivity index (χ3v) is 3.36. The number of halogens is 1. The number of amides is 2. The molecule has 0 heterocycles. The van der Waals surface area contributed by atoms with Crippen molar-refractivity contribution in [1.82, 2.24) is 5.32 Å². The molecular weight excluding hydrogens is 320 g/mol. The zero-order valence-corrected chi connectivity index (χ0v) is 12.6. The van der Waals surface area contributed by atoms with Gasteiger partial charge in [-0.1, -0.05) is 15.9 Å². The maximum Gasteiger partial charge on any atom is 0.319 e. The number of benzene rings is 1. The lowest BCUT2D eigenvalue weighted by molar-refractivity contribution is 0.252. The highest BCUT2D eigenvalue weighted by atomic mass is 79.9. The van der Waals surface area contributed by atoms with Crippen LogP contribution in [0, 0.1) is 0 Å². The second-order valence-electron chi connectivity index (χ2n) is 3.50. The third-order valence-electron chi connectivity index (χ3n) is 2.08. The molecule has 0 aliphatic heterocycles. The molecule has 1 aromatic carbocycles. The number of ether oxygens (including phenoxy) is 1. The molecule has 0 aromatic heterocycles. The molecule has 0 saturated carbocycles. The Morgan fingerprint density at radius 2 is 2.22 bits per heavy atom. The summed E-state index contributed by atoms with van der Waals surface area (Å²) in [5, 5.41) is 5.29. The Kier molecular flexibility index (Phi) is 6.14. The van der Waals surface area contributed by atoms with Crippen LogP contribution < -0.4 is 15.4 Å². The normalized spacial score (nSPS) is 11.7. The van der Waals surface area contributed by atoms with Gasteiger partial charge in [0.1, 0.15) is 5.75 Å². The van der Waals surface area contributed by atoms with Crippen LogP contribution in [-0.4, -0.2) is 35.9 Å². The highest BCUT2D eigenvalue weighted by Gasteiger charge is 2.07. The monoisotopic (exact) mass is 334 g/mol. The van der Waals surface area contributed by atoms with Gasteiger partial charge in [0.05, 0.1) is 12.8 Å². The zero-order valence-electron chi connectivity index (χ0n) is 10.2. The second kappa shape index (κ2) is 7.38. The summed E-state index contributed by atoms with van der Waals surface area (Å²) in [5.41, 5.74) is 0.571. The van der Waals surface area contributed by atoms with Crippen molar-refractivity contribution >= 4 is 38.4 Å². The first-order valence-electron chi connectivity index (χ1n) is 5.21. The number of anilines is 1. The fraction of sp³-hybridized carbons (Fsp3) is 0.364. The van der Waals surface area contributed by atoms with Gasteiger partial charge in [-0.25, -0.2) is 4.79 Å². The van der Waals surface area contributed by atoms with Crippen LogP contribution in [0.2, 0.25) is 0 Å². The van der Waals surface area contributed by atoms with Crippen LogP contribution in [0.5, 0.6) is 5.75 Å². The van der Waals surface area contributed by atoms with Gasteiger partial charge in [-0.15, -0.1) is 0 Å². The average Bonchev–Trinajstić information content (AvgIpc) is 2.28. The summed E-state index contributed by atoms with van der Waals surface area (Å²) < 4.78 is 16.8. The maximum atomic E-state index is 11.6. The van der Waals surface area contributed by atoms with Crippen molar-refractivity contribution in [2.75, 3.05) is 31.0 Å². The largest absolute Gasteiger partial charge is 0.495 e. The summed E-state index contributed by atoms with van der Waals surface area (Å²) in [5.74, 6) is 1.01. The number of urea groups is 1. The lowest BCUT2D eigenvalue weighted by Gasteiger charge is -2.11. The van der Waals surface area contributed by atoms with Crippen molar-refractivity contribution in [3.63, 3.8) is 0 Å². The quantitative estimate of drug-likeness (QED) is 0.864. The predicted octanol–water partition coefficient (Wildman–Crippen LogP) is 1.96. The molecule has 7 heteroatoms. The van der Waals surface area contributed by atoms with Crippen molar-refractivity contribution in [3.05, 3.63) is 22.7 Å². The smallest absolute Gasteiger partial charge is 0.319 e. The van der Waals surface area contributed by atoms with Crippen LogP contribution in [0.1, 0.15) is 0 Å². The van der Waals surface area contributed by atoms with Crippen LogP contribution in [-0.2, 0) is 10.8 Å². The van der Waals surface area contributed by atoms with Crippen molar-refractivity contribution < 1.29 is 13.7 Å². The molecule has 0 fully saturated rings. The highest BCUT2D eigenvalue weighted by molar-refractivity contribution is 9.10. The lowest BCUT2D eigenvalue weighted by atomic mass is 10.3. The maximum absolute atomic E-state index is 11.6. The van der Waals surface area contributed by atoms with Crippen LogP contribution in [0.15, 0.2) is 22.7 Å². The molecule has 2 N–H and O–H groups in total. The Morgan fingerprint density at radius 1 is 1.50 bits per heavy atom. The van der Waals surface area contributed by atoms with Gasteiger partial charge in [0.2, 0.25) is 0 Å². The molecule has 1 unspecified atom stereocenters. The molecule has 0 spiro atoms. The molecular formula is C11H15BrN2O3S.